The lowest BCUT2D eigenvalue weighted by atomic mass is 10.1. The number of nitrogens with zero attached hydrogens (tertiary/aromatic N) is 2. The molecule has 0 bridgehead atoms. The average molecular weight is 168 g/mol. The van der Waals surface area contributed by atoms with E-state index in [2.05, 4.69) is 44.6 Å². The molecule has 0 aliphatic heterocycles. The molecule has 0 aromatic heterocycles. The highest BCUT2D eigenvalue weighted by molar-refractivity contribution is 6.16. The van der Waals surface area contributed by atoms with E-state index in [0.717, 1.165) is 6.54 Å². The molecule has 0 fully saturated rings. The van der Waals surface area contributed by atoms with Crippen LogP contribution in [0.2, 0.25) is 0 Å². The molecule has 0 aromatic carbocycles. The summed E-state index contributed by atoms with van der Waals surface area (Å²) in [6.45, 7) is 11.4. The van der Waals surface area contributed by atoms with Gasteiger partial charge in [0.25, 0.3) is 0 Å². The SMILES string of the molecule is CC(C)CN=CC=NC(C)(C)C. The summed E-state index contributed by atoms with van der Waals surface area (Å²) >= 11 is 0. The molecule has 0 heterocycles. The summed E-state index contributed by atoms with van der Waals surface area (Å²) in [5, 5.41) is 0. The van der Waals surface area contributed by atoms with Gasteiger partial charge in [-0.1, -0.05) is 13.8 Å². The van der Waals surface area contributed by atoms with E-state index in [9.17, 15) is 0 Å². The van der Waals surface area contributed by atoms with Gasteiger partial charge in [0, 0.05) is 19.0 Å². The van der Waals surface area contributed by atoms with Crippen molar-refractivity contribution in [2.24, 2.45) is 15.9 Å². The van der Waals surface area contributed by atoms with Gasteiger partial charge in [0.1, 0.15) is 0 Å². The molecule has 0 amide bonds. The van der Waals surface area contributed by atoms with Gasteiger partial charge in [0.2, 0.25) is 0 Å². The van der Waals surface area contributed by atoms with Crippen LogP contribution >= 0.6 is 0 Å². The maximum Gasteiger partial charge on any atom is 0.0524 e. The molecule has 0 saturated heterocycles. The van der Waals surface area contributed by atoms with E-state index in [0.29, 0.717) is 5.92 Å². The lowest BCUT2D eigenvalue weighted by Crippen LogP contribution is -2.09. The second-order valence-electron chi connectivity index (χ2n) is 4.36. The molecule has 0 N–H and O–H groups in total. The molecule has 2 nitrogen and oxygen atoms in total. The predicted molar refractivity (Wildman–Crippen MR) is 56.4 cm³/mol. The average Bonchev–Trinajstić information content (AvgIpc) is 1.83. The third-order valence-corrected chi connectivity index (χ3v) is 1.10. The molecule has 70 valence electrons. The Balaban J connectivity index is 3.67. The van der Waals surface area contributed by atoms with Crippen LogP contribution < -0.4 is 0 Å². The number of hydrogen-bond donors (Lipinski definition) is 0. The maximum atomic E-state index is 4.28. The minimum Gasteiger partial charge on any atom is -0.291 e. The zero-order valence-electron chi connectivity index (χ0n) is 8.83. The van der Waals surface area contributed by atoms with Crippen molar-refractivity contribution in [3.05, 3.63) is 0 Å². The molecule has 0 spiro atoms. The van der Waals surface area contributed by atoms with Gasteiger partial charge in [0.05, 0.1) is 5.54 Å². The second-order valence-corrected chi connectivity index (χ2v) is 4.36. The fourth-order valence-corrected chi connectivity index (χ4v) is 0.576. The lowest BCUT2D eigenvalue weighted by molar-refractivity contribution is 0.587. The first kappa shape index (κ1) is 11.3. The summed E-state index contributed by atoms with van der Waals surface area (Å²) in [6, 6.07) is 0. The molecule has 2 heteroatoms. The Hall–Kier alpha value is -0.660. The van der Waals surface area contributed by atoms with Crippen LogP contribution in [0.3, 0.4) is 0 Å². The largest absolute Gasteiger partial charge is 0.291 e. The van der Waals surface area contributed by atoms with Crippen LogP contribution in [-0.2, 0) is 0 Å². The third-order valence-electron chi connectivity index (χ3n) is 1.10. The first-order chi connectivity index (χ1) is 5.42. The Morgan fingerprint density at radius 1 is 1.17 bits per heavy atom. The van der Waals surface area contributed by atoms with Gasteiger partial charge in [0.15, 0.2) is 0 Å². The Morgan fingerprint density at radius 3 is 2.17 bits per heavy atom. The van der Waals surface area contributed by atoms with Gasteiger partial charge in [-0.2, -0.15) is 0 Å². The van der Waals surface area contributed by atoms with E-state index in [1.165, 1.54) is 0 Å². The van der Waals surface area contributed by atoms with Crippen LogP contribution in [-0.4, -0.2) is 24.5 Å². The molecule has 0 atom stereocenters. The minimum atomic E-state index is 0.0177. The zero-order valence-corrected chi connectivity index (χ0v) is 8.83. The van der Waals surface area contributed by atoms with Gasteiger partial charge >= 0.3 is 0 Å². The summed E-state index contributed by atoms with van der Waals surface area (Å²) < 4.78 is 0. The van der Waals surface area contributed by atoms with E-state index >= 15 is 0 Å². The smallest absolute Gasteiger partial charge is 0.0524 e. The summed E-state index contributed by atoms with van der Waals surface area (Å²) in [6.07, 6.45) is 3.56. The topological polar surface area (TPSA) is 24.7 Å². The van der Waals surface area contributed by atoms with Crippen molar-refractivity contribution in [3.8, 4) is 0 Å². The molecular formula is C10H20N2. The van der Waals surface area contributed by atoms with Crippen molar-refractivity contribution in [2.75, 3.05) is 6.54 Å². The summed E-state index contributed by atoms with van der Waals surface area (Å²) in [7, 11) is 0. The highest BCUT2D eigenvalue weighted by Gasteiger charge is 2.03. The molecule has 0 unspecified atom stereocenters. The van der Waals surface area contributed by atoms with Gasteiger partial charge in [-0.15, -0.1) is 0 Å². The van der Waals surface area contributed by atoms with Crippen LogP contribution in [0, 0.1) is 5.92 Å². The Kier molecular flexibility index (Phi) is 4.79. The molecule has 0 radical (unpaired) electrons. The zero-order chi connectivity index (χ0) is 9.61. The molecular weight excluding hydrogens is 148 g/mol. The number of aliphatic imine (C=N–C) groups is 2. The van der Waals surface area contributed by atoms with Gasteiger partial charge in [-0.05, 0) is 26.7 Å². The van der Waals surface area contributed by atoms with Crippen molar-refractivity contribution in [2.45, 2.75) is 40.2 Å². The van der Waals surface area contributed by atoms with Crippen LogP contribution in [0.15, 0.2) is 9.98 Å². The van der Waals surface area contributed by atoms with Crippen LogP contribution in [0.1, 0.15) is 34.6 Å². The fourth-order valence-electron chi connectivity index (χ4n) is 0.576. The van der Waals surface area contributed by atoms with Crippen molar-refractivity contribution in [1.29, 1.82) is 0 Å². The van der Waals surface area contributed by atoms with E-state index < -0.39 is 0 Å². The summed E-state index contributed by atoms with van der Waals surface area (Å²) in [4.78, 5) is 8.48. The number of hydrogen-bond acceptors (Lipinski definition) is 2. The van der Waals surface area contributed by atoms with Crippen molar-refractivity contribution in [3.63, 3.8) is 0 Å². The molecule has 0 aliphatic rings. The Morgan fingerprint density at radius 2 is 1.75 bits per heavy atom. The third kappa shape index (κ3) is 9.34. The van der Waals surface area contributed by atoms with Gasteiger partial charge in [-0.3, -0.25) is 9.98 Å². The standard InChI is InChI=1S/C10H20N2/c1-9(2)8-11-6-7-12-10(3,4)5/h6-7,9H,8H2,1-5H3. The van der Waals surface area contributed by atoms with Crippen LogP contribution in [0.25, 0.3) is 0 Å². The Bertz CT molecular complexity index is 161. The molecule has 12 heavy (non-hydrogen) atoms. The molecule has 0 aliphatic carbocycles. The van der Waals surface area contributed by atoms with Gasteiger partial charge in [-0.25, -0.2) is 0 Å². The van der Waals surface area contributed by atoms with Crippen LogP contribution in [0.5, 0.6) is 0 Å². The normalized spacial score (nSPS) is 13.8. The van der Waals surface area contributed by atoms with Crippen molar-refractivity contribution >= 4 is 12.4 Å². The minimum absolute atomic E-state index is 0.0177. The van der Waals surface area contributed by atoms with E-state index in [-0.39, 0.29) is 5.54 Å². The van der Waals surface area contributed by atoms with E-state index in [4.69, 9.17) is 0 Å². The van der Waals surface area contributed by atoms with E-state index in [1.807, 2.05) is 0 Å². The molecule has 0 aromatic rings. The highest BCUT2D eigenvalue weighted by Crippen LogP contribution is 2.03. The molecule has 0 rings (SSSR count). The fraction of sp³-hybridized carbons (Fsp3) is 0.800. The maximum absolute atomic E-state index is 4.28. The lowest BCUT2D eigenvalue weighted by Gasteiger charge is -2.09. The molecule has 0 saturated carbocycles. The highest BCUT2D eigenvalue weighted by atomic mass is 14.8. The Labute approximate surface area is 75.8 Å². The first-order valence-corrected chi connectivity index (χ1v) is 4.45. The first-order valence-electron chi connectivity index (χ1n) is 4.45. The quantitative estimate of drug-likeness (QED) is 0.579. The van der Waals surface area contributed by atoms with Gasteiger partial charge < -0.3 is 0 Å². The van der Waals surface area contributed by atoms with Crippen molar-refractivity contribution in [1.82, 2.24) is 0 Å². The van der Waals surface area contributed by atoms with Crippen LogP contribution in [0.4, 0.5) is 0 Å². The summed E-state index contributed by atoms with van der Waals surface area (Å²) in [5.74, 6) is 0.629. The van der Waals surface area contributed by atoms with Crippen molar-refractivity contribution < 1.29 is 0 Å². The monoisotopic (exact) mass is 168 g/mol. The second kappa shape index (κ2) is 5.07. The summed E-state index contributed by atoms with van der Waals surface area (Å²) in [5.41, 5.74) is 0.0177. The number of rotatable bonds is 3. The van der Waals surface area contributed by atoms with E-state index in [1.54, 1.807) is 12.4 Å². The predicted octanol–water partition coefficient (Wildman–Crippen LogP) is 2.58.